The van der Waals surface area contributed by atoms with Crippen molar-refractivity contribution in [1.82, 2.24) is 10.3 Å². The van der Waals surface area contributed by atoms with Crippen LogP contribution in [0.3, 0.4) is 0 Å². The van der Waals surface area contributed by atoms with Crippen LogP contribution in [0, 0.1) is 19.7 Å². The van der Waals surface area contributed by atoms with E-state index in [1.807, 2.05) is 6.92 Å². The lowest BCUT2D eigenvalue weighted by Crippen LogP contribution is -2.28. The van der Waals surface area contributed by atoms with Gasteiger partial charge in [-0.15, -0.1) is 0 Å². The molecule has 0 unspecified atom stereocenters. The van der Waals surface area contributed by atoms with Gasteiger partial charge in [0.05, 0.1) is 12.2 Å². The maximum Gasteiger partial charge on any atom is 0.258 e. The minimum atomic E-state index is -0.349. The van der Waals surface area contributed by atoms with Crippen molar-refractivity contribution in [3.8, 4) is 5.75 Å². The van der Waals surface area contributed by atoms with E-state index < -0.39 is 0 Å². The van der Waals surface area contributed by atoms with Gasteiger partial charge in [-0.05, 0) is 31.2 Å². The van der Waals surface area contributed by atoms with Crippen LogP contribution in [0.1, 0.15) is 17.3 Å². The van der Waals surface area contributed by atoms with Crippen LogP contribution in [0.5, 0.6) is 5.75 Å². The van der Waals surface area contributed by atoms with Gasteiger partial charge in [-0.1, -0.05) is 0 Å². The number of carbonyl (C=O) groups is 1. The zero-order valence-electron chi connectivity index (χ0n) is 11.3. The van der Waals surface area contributed by atoms with Crippen molar-refractivity contribution < 1.29 is 18.3 Å². The van der Waals surface area contributed by atoms with E-state index in [9.17, 15) is 9.18 Å². The second-order valence-electron chi connectivity index (χ2n) is 4.26. The van der Waals surface area contributed by atoms with Crippen LogP contribution in [-0.2, 0) is 11.3 Å². The van der Waals surface area contributed by atoms with Crippen LogP contribution in [0.2, 0.25) is 0 Å². The van der Waals surface area contributed by atoms with Crippen LogP contribution >= 0.6 is 0 Å². The Bertz CT molecular complexity index is 593. The number of rotatable bonds is 5. The lowest BCUT2D eigenvalue weighted by Gasteiger charge is -2.06. The topological polar surface area (TPSA) is 64.4 Å². The van der Waals surface area contributed by atoms with E-state index >= 15 is 0 Å². The molecule has 5 nitrogen and oxygen atoms in total. The Morgan fingerprint density at radius 2 is 2.05 bits per heavy atom. The number of hydrogen-bond acceptors (Lipinski definition) is 4. The zero-order chi connectivity index (χ0) is 14.5. The van der Waals surface area contributed by atoms with Crippen molar-refractivity contribution in [2.75, 3.05) is 6.61 Å². The van der Waals surface area contributed by atoms with E-state index in [4.69, 9.17) is 9.15 Å². The zero-order valence-corrected chi connectivity index (χ0v) is 11.3. The molecule has 0 aliphatic carbocycles. The van der Waals surface area contributed by atoms with Crippen molar-refractivity contribution in [1.29, 1.82) is 0 Å². The quantitative estimate of drug-likeness (QED) is 0.910. The minimum Gasteiger partial charge on any atom is -0.484 e. The van der Waals surface area contributed by atoms with Crippen molar-refractivity contribution in [3.05, 3.63) is 47.4 Å². The van der Waals surface area contributed by atoms with Gasteiger partial charge in [0.25, 0.3) is 5.91 Å². The number of hydrogen-bond donors (Lipinski definition) is 1. The summed E-state index contributed by atoms with van der Waals surface area (Å²) in [5, 5.41) is 2.66. The van der Waals surface area contributed by atoms with E-state index in [1.54, 1.807) is 6.92 Å². The van der Waals surface area contributed by atoms with Crippen molar-refractivity contribution in [2.45, 2.75) is 20.4 Å². The Kier molecular flexibility index (Phi) is 4.34. The van der Waals surface area contributed by atoms with Gasteiger partial charge in [0.2, 0.25) is 0 Å². The van der Waals surface area contributed by atoms with Crippen LogP contribution in [0.25, 0.3) is 0 Å². The Morgan fingerprint density at radius 1 is 1.35 bits per heavy atom. The summed E-state index contributed by atoms with van der Waals surface area (Å²) in [5.41, 5.74) is 0.752. The Morgan fingerprint density at radius 3 is 2.65 bits per heavy atom. The van der Waals surface area contributed by atoms with E-state index in [-0.39, 0.29) is 24.9 Å². The first kappa shape index (κ1) is 14.0. The summed E-state index contributed by atoms with van der Waals surface area (Å²) in [6, 6.07) is 5.47. The molecule has 0 atom stereocenters. The highest BCUT2D eigenvalue weighted by Crippen LogP contribution is 2.11. The minimum absolute atomic E-state index is 0.141. The maximum atomic E-state index is 12.7. The SMILES string of the molecule is Cc1nc(C)c(CNC(=O)COc2ccc(F)cc2)o1. The normalized spacial score (nSPS) is 10.3. The molecular weight excluding hydrogens is 263 g/mol. The molecule has 20 heavy (non-hydrogen) atoms. The summed E-state index contributed by atoms with van der Waals surface area (Å²) < 4.78 is 23.2. The smallest absolute Gasteiger partial charge is 0.258 e. The summed E-state index contributed by atoms with van der Waals surface area (Å²) in [7, 11) is 0. The summed E-state index contributed by atoms with van der Waals surface area (Å²) >= 11 is 0. The highest BCUT2D eigenvalue weighted by molar-refractivity contribution is 5.77. The fourth-order valence-corrected chi connectivity index (χ4v) is 1.65. The second-order valence-corrected chi connectivity index (χ2v) is 4.26. The van der Waals surface area contributed by atoms with E-state index in [1.165, 1.54) is 24.3 Å². The molecule has 0 saturated heterocycles. The van der Waals surface area contributed by atoms with Crippen LogP contribution < -0.4 is 10.1 Å². The lowest BCUT2D eigenvalue weighted by atomic mass is 10.3. The molecule has 0 aliphatic heterocycles. The molecule has 2 aromatic rings. The first-order valence-corrected chi connectivity index (χ1v) is 6.12. The van der Waals surface area contributed by atoms with Gasteiger partial charge in [-0.25, -0.2) is 9.37 Å². The molecule has 0 fully saturated rings. The third-order valence-electron chi connectivity index (χ3n) is 2.63. The second kappa shape index (κ2) is 6.18. The number of halogens is 1. The largest absolute Gasteiger partial charge is 0.484 e. The number of benzene rings is 1. The van der Waals surface area contributed by atoms with Gasteiger partial charge in [-0.3, -0.25) is 4.79 Å². The standard InChI is InChI=1S/C14H15FN2O3/c1-9-13(20-10(2)17-9)7-16-14(18)8-19-12-5-3-11(15)4-6-12/h3-6H,7-8H2,1-2H3,(H,16,18). The fourth-order valence-electron chi connectivity index (χ4n) is 1.65. The molecule has 1 aromatic heterocycles. The Labute approximate surface area is 115 Å². The van der Waals surface area contributed by atoms with Gasteiger partial charge >= 0.3 is 0 Å². The molecular formula is C14H15FN2O3. The predicted molar refractivity (Wildman–Crippen MR) is 69.7 cm³/mol. The monoisotopic (exact) mass is 278 g/mol. The van der Waals surface area contributed by atoms with Crippen molar-refractivity contribution in [2.24, 2.45) is 0 Å². The third-order valence-corrected chi connectivity index (χ3v) is 2.63. The van der Waals surface area contributed by atoms with Crippen LogP contribution in [-0.4, -0.2) is 17.5 Å². The molecule has 0 saturated carbocycles. The van der Waals surface area contributed by atoms with Gasteiger partial charge in [-0.2, -0.15) is 0 Å². The molecule has 6 heteroatoms. The first-order chi connectivity index (χ1) is 9.54. The van der Waals surface area contributed by atoms with Gasteiger partial charge in [0, 0.05) is 6.92 Å². The average molecular weight is 278 g/mol. The molecule has 2 rings (SSSR count). The molecule has 1 heterocycles. The van der Waals surface area contributed by atoms with E-state index in [0.29, 0.717) is 17.4 Å². The number of aromatic nitrogens is 1. The molecule has 0 radical (unpaired) electrons. The van der Waals surface area contributed by atoms with Crippen molar-refractivity contribution in [3.63, 3.8) is 0 Å². The van der Waals surface area contributed by atoms with Crippen LogP contribution in [0.4, 0.5) is 4.39 Å². The summed E-state index contributed by atoms with van der Waals surface area (Å²) in [5.74, 6) is 0.987. The number of amides is 1. The molecule has 0 spiro atoms. The number of aryl methyl sites for hydroxylation is 2. The Hall–Kier alpha value is -2.37. The highest BCUT2D eigenvalue weighted by Gasteiger charge is 2.09. The molecule has 1 aromatic carbocycles. The molecule has 0 aliphatic rings. The summed E-state index contributed by atoms with van der Waals surface area (Å²) in [4.78, 5) is 15.7. The number of oxazole rings is 1. The Balaban J connectivity index is 1.78. The number of nitrogens with one attached hydrogen (secondary N) is 1. The number of carbonyl (C=O) groups excluding carboxylic acids is 1. The number of nitrogens with zero attached hydrogens (tertiary/aromatic N) is 1. The van der Waals surface area contributed by atoms with Crippen molar-refractivity contribution >= 4 is 5.91 Å². The predicted octanol–water partition coefficient (Wildman–Crippen LogP) is 2.13. The molecule has 106 valence electrons. The summed E-state index contributed by atoms with van der Waals surface area (Å²) in [6.07, 6.45) is 0. The van der Waals surface area contributed by atoms with E-state index in [0.717, 1.165) is 5.69 Å². The first-order valence-electron chi connectivity index (χ1n) is 6.12. The van der Waals surface area contributed by atoms with E-state index in [2.05, 4.69) is 10.3 Å². The number of ether oxygens (including phenoxy) is 1. The van der Waals surface area contributed by atoms with Gasteiger partial charge in [0.15, 0.2) is 12.5 Å². The van der Waals surface area contributed by atoms with Gasteiger partial charge < -0.3 is 14.5 Å². The molecule has 1 amide bonds. The van der Waals surface area contributed by atoms with Gasteiger partial charge in [0.1, 0.15) is 17.3 Å². The van der Waals surface area contributed by atoms with Crippen LogP contribution in [0.15, 0.2) is 28.7 Å². The lowest BCUT2D eigenvalue weighted by molar-refractivity contribution is -0.123. The maximum absolute atomic E-state index is 12.7. The molecule has 0 bridgehead atoms. The molecule has 1 N–H and O–H groups in total. The highest BCUT2D eigenvalue weighted by atomic mass is 19.1. The third kappa shape index (κ3) is 3.81. The average Bonchev–Trinajstić information content (AvgIpc) is 2.74. The summed E-state index contributed by atoms with van der Waals surface area (Å²) in [6.45, 7) is 3.68. The fraction of sp³-hybridized carbons (Fsp3) is 0.286.